The Kier molecular flexibility index (Phi) is 2.19. The van der Waals surface area contributed by atoms with E-state index >= 15 is 0 Å². The highest BCUT2D eigenvalue weighted by molar-refractivity contribution is 5.98. The smallest absolute Gasteiger partial charge is 0.112 e. The van der Waals surface area contributed by atoms with E-state index in [4.69, 9.17) is 0 Å². The molecule has 3 heterocycles. The number of para-hydroxylation sites is 1. The van der Waals surface area contributed by atoms with Crippen LogP contribution in [0.2, 0.25) is 0 Å². The Balaban J connectivity index is 1.92. The summed E-state index contributed by atoms with van der Waals surface area (Å²) in [7, 11) is 2.25. The molecule has 2 heteroatoms. The molecule has 0 bridgehead atoms. The Morgan fingerprint density at radius 2 is 1.87 bits per heavy atom. The van der Waals surface area contributed by atoms with Crippen LogP contribution < -0.4 is 4.90 Å². The summed E-state index contributed by atoms with van der Waals surface area (Å²) in [5.41, 5.74) is 9.19. The second-order valence-corrected chi connectivity index (χ2v) is 7.96. The molecular formula is C21H24N2. The van der Waals surface area contributed by atoms with E-state index in [2.05, 4.69) is 81.1 Å². The van der Waals surface area contributed by atoms with Crippen LogP contribution in [0.4, 0.5) is 5.69 Å². The molecule has 2 nitrogen and oxygen atoms in total. The normalized spacial score (nSPS) is 39.5. The van der Waals surface area contributed by atoms with Crippen molar-refractivity contribution >= 4 is 11.3 Å². The third kappa shape index (κ3) is 1.22. The van der Waals surface area contributed by atoms with Crippen molar-refractivity contribution in [2.75, 3.05) is 11.9 Å². The molecule has 4 aliphatic rings. The lowest BCUT2D eigenvalue weighted by atomic mass is 9.76. The van der Waals surface area contributed by atoms with Gasteiger partial charge in [0.25, 0.3) is 0 Å². The fourth-order valence-corrected chi connectivity index (χ4v) is 5.65. The van der Waals surface area contributed by atoms with Gasteiger partial charge in [-0.15, -0.1) is 0 Å². The summed E-state index contributed by atoms with van der Waals surface area (Å²) in [4.78, 5) is 5.07. The number of hydrogen-bond acceptors (Lipinski definition) is 2. The van der Waals surface area contributed by atoms with Gasteiger partial charge in [-0.25, -0.2) is 0 Å². The zero-order valence-electron chi connectivity index (χ0n) is 14.6. The van der Waals surface area contributed by atoms with Gasteiger partial charge in [0.2, 0.25) is 0 Å². The van der Waals surface area contributed by atoms with Gasteiger partial charge in [-0.3, -0.25) is 0 Å². The lowest BCUT2D eigenvalue weighted by molar-refractivity contribution is 0.219. The average molecular weight is 304 g/mol. The van der Waals surface area contributed by atoms with Crippen LogP contribution in [0.15, 0.2) is 47.8 Å². The molecular weight excluding hydrogens is 280 g/mol. The van der Waals surface area contributed by atoms with Crippen LogP contribution in [0.25, 0.3) is 5.57 Å². The maximum absolute atomic E-state index is 2.63. The summed E-state index contributed by atoms with van der Waals surface area (Å²) in [6.45, 7) is 9.26. The summed E-state index contributed by atoms with van der Waals surface area (Å²) >= 11 is 0. The summed E-state index contributed by atoms with van der Waals surface area (Å²) in [6, 6.07) is 6.92. The summed E-state index contributed by atoms with van der Waals surface area (Å²) in [5, 5.41) is 0. The number of fused-ring (bicyclic) bond motifs is 3. The Bertz CT molecular complexity index is 843. The summed E-state index contributed by atoms with van der Waals surface area (Å²) < 4.78 is 0. The van der Waals surface area contributed by atoms with Gasteiger partial charge in [-0.1, -0.05) is 44.2 Å². The van der Waals surface area contributed by atoms with Crippen LogP contribution in [0.3, 0.4) is 0 Å². The van der Waals surface area contributed by atoms with E-state index in [1.54, 1.807) is 5.56 Å². The van der Waals surface area contributed by atoms with Crippen molar-refractivity contribution in [3.8, 4) is 0 Å². The molecule has 23 heavy (non-hydrogen) atoms. The van der Waals surface area contributed by atoms with Crippen molar-refractivity contribution in [1.29, 1.82) is 0 Å². The van der Waals surface area contributed by atoms with E-state index in [9.17, 15) is 0 Å². The van der Waals surface area contributed by atoms with Crippen molar-refractivity contribution < 1.29 is 0 Å². The fraction of sp³-hybridized carbons (Fsp3) is 0.429. The molecule has 1 saturated carbocycles. The quantitative estimate of drug-likeness (QED) is 0.688. The van der Waals surface area contributed by atoms with Gasteiger partial charge in [0.05, 0.1) is 11.4 Å². The third-order valence-corrected chi connectivity index (χ3v) is 6.95. The van der Waals surface area contributed by atoms with Crippen LogP contribution >= 0.6 is 0 Å². The molecule has 0 aromatic heterocycles. The van der Waals surface area contributed by atoms with E-state index in [1.807, 2.05) is 0 Å². The number of hydrogen-bond donors (Lipinski definition) is 0. The van der Waals surface area contributed by atoms with E-state index in [1.165, 1.54) is 34.5 Å². The van der Waals surface area contributed by atoms with Crippen LogP contribution in [-0.4, -0.2) is 18.1 Å². The van der Waals surface area contributed by atoms with Crippen molar-refractivity contribution in [3.63, 3.8) is 0 Å². The predicted molar refractivity (Wildman–Crippen MR) is 96.0 cm³/mol. The molecule has 0 saturated heterocycles. The number of anilines is 1. The molecule has 0 amide bonds. The SMILES string of the molecule is C/C=C1/C2=CN(C)C3N2c2c(cccc2C2(C)CC32C)/C1=C/C. The minimum atomic E-state index is 0.309. The van der Waals surface area contributed by atoms with Crippen LogP contribution in [-0.2, 0) is 5.41 Å². The number of nitrogens with zero attached hydrogens (tertiary/aromatic N) is 2. The highest BCUT2D eigenvalue weighted by Gasteiger charge is 2.72. The zero-order chi connectivity index (χ0) is 16.1. The monoisotopic (exact) mass is 304 g/mol. The predicted octanol–water partition coefficient (Wildman–Crippen LogP) is 4.65. The van der Waals surface area contributed by atoms with E-state index < -0.39 is 0 Å². The van der Waals surface area contributed by atoms with Crippen molar-refractivity contribution in [1.82, 2.24) is 4.90 Å². The lowest BCUT2D eigenvalue weighted by Gasteiger charge is -2.48. The molecule has 3 atom stereocenters. The number of allylic oxidation sites excluding steroid dienone is 3. The molecule has 5 rings (SSSR count). The first-order chi connectivity index (χ1) is 11.0. The molecule has 1 aromatic carbocycles. The van der Waals surface area contributed by atoms with Gasteiger partial charge in [0.15, 0.2) is 0 Å². The molecule has 1 fully saturated rings. The van der Waals surface area contributed by atoms with E-state index in [0.29, 0.717) is 17.0 Å². The maximum atomic E-state index is 2.63. The maximum Gasteiger partial charge on any atom is 0.112 e. The second-order valence-electron chi connectivity index (χ2n) is 7.96. The van der Waals surface area contributed by atoms with Gasteiger partial charge in [-0.2, -0.15) is 0 Å². The molecule has 118 valence electrons. The standard InChI is InChI=1S/C21H24N2/c1-6-13-14(7-2)17-11-22(5)19-21(4)12-20(21,3)16-10-8-9-15(13)18(16)23(17)19/h6-11,19H,12H2,1-5H3/b13-6+,14-7+. The first kappa shape index (κ1) is 13.5. The molecule has 0 spiro atoms. The summed E-state index contributed by atoms with van der Waals surface area (Å²) in [5.74, 6) is 0. The van der Waals surface area contributed by atoms with E-state index in [-0.39, 0.29) is 0 Å². The molecule has 3 unspecified atom stereocenters. The van der Waals surface area contributed by atoms with Gasteiger partial charge < -0.3 is 9.80 Å². The van der Waals surface area contributed by atoms with Gasteiger partial charge in [0, 0.05) is 35.2 Å². The van der Waals surface area contributed by atoms with E-state index in [0.717, 1.165) is 0 Å². The third-order valence-electron chi connectivity index (χ3n) is 6.95. The molecule has 1 aromatic rings. The Morgan fingerprint density at radius 1 is 1.13 bits per heavy atom. The Labute approximate surface area is 138 Å². The van der Waals surface area contributed by atoms with Crippen molar-refractivity contribution in [2.24, 2.45) is 5.41 Å². The van der Waals surface area contributed by atoms with Crippen molar-refractivity contribution in [3.05, 3.63) is 58.9 Å². The fourth-order valence-electron chi connectivity index (χ4n) is 5.65. The Morgan fingerprint density at radius 3 is 2.57 bits per heavy atom. The average Bonchev–Trinajstić information content (AvgIpc) is 2.95. The van der Waals surface area contributed by atoms with Crippen LogP contribution in [0.1, 0.15) is 45.2 Å². The summed E-state index contributed by atoms with van der Waals surface area (Å²) in [6.07, 6.45) is 8.64. The second kappa shape index (κ2) is 3.75. The largest absolute Gasteiger partial charge is 0.358 e. The van der Waals surface area contributed by atoms with Gasteiger partial charge in [0.1, 0.15) is 6.17 Å². The molecule has 1 aliphatic carbocycles. The van der Waals surface area contributed by atoms with Gasteiger partial charge >= 0.3 is 0 Å². The van der Waals surface area contributed by atoms with Crippen molar-refractivity contribution in [2.45, 2.75) is 45.7 Å². The minimum Gasteiger partial charge on any atom is -0.358 e. The van der Waals surface area contributed by atoms with Gasteiger partial charge in [-0.05, 0) is 31.4 Å². The number of rotatable bonds is 0. The lowest BCUT2D eigenvalue weighted by Crippen LogP contribution is -2.51. The number of benzene rings is 1. The van der Waals surface area contributed by atoms with Crippen LogP contribution in [0, 0.1) is 5.41 Å². The van der Waals surface area contributed by atoms with Crippen LogP contribution in [0.5, 0.6) is 0 Å². The first-order valence-corrected chi connectivity index (χ1v) is 8.68. The first-order valence-electron chi connectivity index (χ1n) is 8.68. The molecule has 0 radical (unpaired) electrons. The molecule has 3 aliphatic heterocycles. The highest BCUT2D eigenvalue weighted by Crippen LogP contribution is 2.74. The minimum absolute atomic E-state index is 0.309. The molecule has 0 N–H and O–H groups in total. The zero-order valence-corrected chi connectivity index (χ0v) is 14.6. The highest BCUT2D eigenvalue weighted by atomic mass is 15.4. The topological polar surface area (TPSA) is 6.48 Å². The Hall–Kier alpha value is -1.96.